The highest BCUT2D eigenvalue weighted by atomic mass is 32.2. The van der Waals surface area contributed by atoms with Gasteiger partial charge in [-0.05, 0) is 75.9 Å². The lowest BCUT2D eigenvalue weighted by atomic mass is 10.1. The Morgan fingerprint density at radius 3 is 2.18 bits per heavy atom. The number of aliphatic carboxylic acids is 1. The summed E-state index contributed by atoms with van der Waals surface area (Å²) >= 11 is 1.23. The van der Waals surface area contributed by atoms with Crippen molar-refractivity contribution in [1.82, 2.24) is 9.55 Å². The minimum absolute atomic E-state index is 0.190. The van der Waals surface area contributed by atoms with Gasteiger partial charge in [0, 0.05) is 28.4 Å². The maximum absolute atomic E-state index is 13.1. The molecule has 204 valence electrons. The quantitative estimate of drug-likeness (QED) is 0.257. The highest BCUT2D eigenvalue weighted by molar-refractivity contribution is 8.01. The SMILES string of the molecule is Cc1c(C(=O)Nc2ccc(C(F)(F)F)cc2)nc(-c2ccc(SC(C)(C)C(=O)O)cc2)n1CCCC(C)C. The molecule has 0 saturated heterocycles. The first-order chi connectivity index (χ1) is 17.7. The van der Waals surface area contributed by atoms with E-state index in [1.165, 1.54) is 23.9 Å². The average Bonchev–Trinajstić information content (AvgIpc) is 3.15. The summed E-state index contributed by atoms with van der Waals surface area (Å²) in [5.74, 6) is -0.315. The molecule has 0 aliphatic carbocycles. The molecule has 0 aliphatic rings. The van der Waals surface area contributed by atoms with Gasteiger partial charge >= 0.3 is 12.1 Å². The first-order valence-corrected chi connectivity index (χ1v) is 13.1. The fraction of sp³-hybridized carbons (Fsp3) is 0.393. The molecule has 0 radical (unpaired) electrons. The van der Waals surface area contributed by atoms with Crippen molar-refractivity contribution in [2.75, 3.05) is 5.32 Å². The monoisotopic (exact) mass is 547 g/mol. The Morgan fingerprint density at radius 1 is 1.05 bits per heavy atom. The van der Waals surface area contributed by atoms with Crippen LogP contribution in [0.1, 0.15) is 62.3 Å². The lowest BCUT2D eigenvalue weighted by Crippen LogP contribution is -2.26. The number of halogens is 3. The molecule has 1 heterocycles. The molecule has 0 aliphatic heterocycles. The number of nitrogens with one attached hydrogen (secondary N) is 1. The Balaban J connectivity index is 1.90. The molecule has 2 aromatic carbocycles. The Kier molecular flexibility index (Phi) is 8.97. The molecule has 0 atom stereocenters. The normalized spacial score (nSPS) is 12.1. The molecule has 0 bridgehead atoms. The fourth-order valence-corrected chi connectivity index (χ4v) is 4.79. The zero-order valence-electron chi connectivity index (χ0n) is 22.0. The van der Waals surface area contributed by atoms with Crippen LogP contribution in [0, 0.1) is 12.8 Å². The Bertz CT molecular complexity index is 1280. The predicted molar refractivity (Wildman–Crippen MR) is 143 cm³/mol. The average molecular weight is 548 g/mol. The third-order valence-electron chi connectivity index (χ3n) is 6.07. The van der Waals surface area contributed by atoms with Crippen LogP contribution in [-0.4, -0.2) is 31.3 Å². The Morgan fingerprint density at radius 2 is 1.66 bits per heavy atom. The van der Waals surface area contributed by atoms with Crippen molar-refractivity contribution in [3.8, 4) is 11.4 Å². The van der Waals surface area contributed by atoms with Crippen LogP contribution in [-0.2, 0) is 17.5 Å². The van der Waals surface area contributed by atoms with Gasteiger partial charge in [-0.25, -0.2) is 4.98 Å². The Labute approximate surface area is 224 Å². The predicted octanol–water partition coefficient (Wildman–Crippen LogP) is 7.52. The second-order valence-corrected chi connectivity index (χ2v) is 11.7. The maximum atomic E-state index is 13.1. The van der Waals surface area contributed by atoms with E-state index in [4.69, 9.17) is 0 Å². The van der Waals surface area contributed by atoms with Crippen molar-refractivity contribution in [2.45, 2.75) is 69.8 Å². The molecule has 2 N–H and O–H groups in total. The molecule has 38 heavy (non-hydrogen) atoms. The zero-order valence-corrected chi connectivity index (χ0v) is 22.8. The summed E-state index contributed by atoms with van der Waals surface area (Å²) in [7, 11) is 0. The number of amides is 1. The molecule has 0 spiro atoms. The van der Waals surface area contributed by atoms with Gasteiger partial charge < -0.3 is 15.0 Å². The lowest BCUT2D eigenvalue weighted by Gasteiger charge is -2.18. The number of carboxylic acids is 1. The molecule has 3 aromatic rings. The number of thioether (sulfide) groups is 1. The van der Waals surface area contributed by atoms with E-state index < -0.39 is 28.4 Å². The van der Waals surface area contributed by atoms with Crippen LogP contribution < -0.4 is 5.32 Å². The molecule has 1 aromatic heterocycles. The molecule has 1 amide bonds. The first-order valence-electron chi connectivity index (χ1n) is 12.3. The van der Waals surface area contributed by atoms with E-state index >= 15 is 0 Å². The number of carboxylic acid groups (broad SMARTS) is 1. The van der Waals surface area contributed by atoms with Crippen LogP contribution in [0.25, 0.3) is 11.4 Å². The number of carbonyl (C=O) groups excluding carboxylic acids is 1. The van der Waals surface area contributed by atoms with Crippen molar-refractivity contribution in [3.63, 3.8) is 0 Å². The number of aromatic nitrogens is 2. The molecule has 3 rings (SSSR count). The van der Waals surface area contributed by atoms with Gasteiger partial charge in [0.25, 0.3) is 5.91 Å². The third kappa shape index (κ3) is 7.18. The minimum Gasteiger partial charge on any atom is -0.480 e. The van der Waals surface area contributed by atoms with E-state index in [0.717, 1.165) is 35.4 Å². The van der Waals surface area contributed by atoms with Crippen LogP contribution in [0.2, 0.25) is 0 Å². The molecular weight excluding hydrogens is 515 g/mol. The van der Waals surface area contributed by atoms with Crippen LogP contribution >= 0.6 is 11.8 Å². The maximum Gasteiger partial charge on any atom is 0.416 e. The summed E-state index contributed by atoms with van der Waals surface area (Å²) in [4.78, 5) is 30.0. The van der Waals surface area contributed by atoms with E-state index in [9.17, 15) is 27.9 Å². The molecule has 6 nitrogen and oxygen atoms in total. The largest absolute Gasteiger partial charge is 0.480 e. The topological polar surface area (TPSA) is 84.2 Å². The number of imidazole rings is 1. The van der Waals surface area contributed by atoms with E-state index in [1.54, 1.807) is 20.8 Å². The molecule has 10 heteroatoms. The summed E-state index contributed by atoms with van der Waals surface area (Å²) < 4.78 is 39.6. The number of benzene rings is 2. The standard InChI is InChI=1S/C28H32F3N3O3S/c1-17(2)7-6-16-34-18(3)23(25(35)32-21-12-10-20(11-13-21)28(29,30)31)33-24(34)19-8-14-22(15-9-19)38-27(4,5)26(36)37/h8-15,17H,6-7,16H2,1-5H3,(H,32,35)(H,36,37). The third-order valence-corrected chi connectivity index (χ3v) is 7.26. The summed E-state index contributed by atoms with van der Waals surface area (Å²) in [5, 5.41) is 12.1. The van der Waals surface area contributed by atoms with Crippen molar-refractivity contribution >= 4 is 29.3 Å². The van der Waals surface area contributed by atoms with Crippen LogP contribution in [0.15, 0.2) is 53.4 Å². The first kappa shape index (κ1) is 29.3. The molecule has 0 saturated carbocycles. The van der Waals surface area contributed by atoms with Gasteiger partial charge in [-0.3, -0.25) is 9.59 Å². The van der Waals surface area contributed by atoms with E-state index in [2.05, 4.69) is 24.1 Å². The van der Waals surface area contributed by atoms with E-state index in [0.29, 0.717) is 24.0 Å². The highest BCUT2D eigenvalue weighted by Gasteiger charge is 2.30. The van der Waals surface area contributed by atoms with Crippen LogP contribution in [0.3, 0.4) is 0 Å². The number of rotatable bonds is 10. The number of anilines is 1. The number of hydrogen-bond donors (Lipinski definition) is 2. The lowest BCUT2D eigenvalue weighted by molar-refractivity contribution is -0.139. The number of nitrogens with zero attached hydrogens (tertiary/aromatic N) is 2. The van der Waals surface area contributed by atoms with Crippen LogP contribution in [0.5, 0.6) is 0 Å². The fourth-order valence-electron chi connectivity index (χ4n) is 3.84. The second-order valence-electron chi connectivity index (χ2n) is 10.0. The van der Waals surface area contributed by atoms with Crippen molar-refractivity contribution < 1.29 is 27.9 Å². The Hall–Kier alpha value is -3.27. The van der Waals surface area contributed by atoms with E-state index in [1.807, 2.05) is 28.8 Å². The van der Waals surface area contributed by atoms with Crippen molar-refractivity contribution in [3.05, 3.63) is 65.5 Å². The zero-order chi connectivity index (χ0) is 28.3. The van der Waals surface area contributed by atoms with Crippen molar-refractivity contribution in [2.24, 2.45) is 5.92 Å². The summed E-state index contributed by atoms with van der Waals surface area (Å²) in [6, 6.07) is 11.6. The van der Waals surface area contributed by atoms with Gasteiger partial charge in [-0.15, -0.1) is 11.8 Å². The number of alkyl halides is 3. The van der Waals surface area contributed by atoms with Gasteiger partial charge in [-0.2, -0.15) is 13.2 Å². The van der Waals surface area contributed by atoms with Gasteiger partial charge in [0.2, 0.25) is 0 Å². The number of carbonyl (C=O) groups is 2. The van der Waals surface area contributed by atoms with Gasteiger partial charge in [-0.1, -0.05) is 26.0 Å². The number of hydrogen-bond acceptors (Lipinski definition) is 4. The molecule has 0 unspecified atom stereocenters. The summed E-state index contributed by atoms with van der Waals surface area (Å²) in [5.41, 5.74) is 1.05. The highest BCUT2D eigenvalue weighted by Crippen LogP contribution is 2.34. The summed E-state index contributed by atoms with van der Waals surface area (Å²) in [6.45, 7) is 10.00. The summed E-state index contributed by atoms with van der Waals surface area (Å²) in [6.07, 6.45) is -2.59. The molecule has 0 fully saturated rings. The second kappa shape index (κ2) is 11.6. The minimum atomic E-state index is -4.46. The van der Waals surface area contributed by atoms with Gasteiger partial charge in [0.1, 0.15) is 16.3 Å². The molecular formula is C28H32F3N3O3S. The van der Waals surface area contributed by atoms with Gasteiger partial charge in [0.05, 0.1) is 5.56 Å². The van der Waals surface area contributed by atoms with Crippen molar-refractivity contribution in [1.29, 1.82) is 0 Å². The van der Waals surface area contributed by atoms with Crippen LogP contribution in [0.4, 0.5) is 18.9 Å². The van der Waals surface area contributed by atoms with Gasteiger partial charge in [0.15, 0.2) is 0 Å². The smallest absolute Gasteiger partial charge is 0.416 e. The van der Waals surface area contributed by atoms with E-state index in [-0.39, 0.29) is 11.4 Å².